The predicted molar refractivity (Wildman–Crippen MR) is 114 cm³/mol. The lowest BCUT2D eigenvalue weighted by Crippen LogP contribution is -2.14. The van der Waals surface area contributed by atoms with Crippen LogP contribution in [0.2, 0.25) is 0 Å². The van der Waals surface area contributed by atoms with Crippen LogP contribution in [0, 0.1) is 0 Å². The molecule has 1 heterocycles. The number of aromatic carboxylic acids is 1. The van der Waals surface area contributed by atoms with E-state index in [2.05, 4.69) is 21.2 Å². The number of halogens is 1. The lowest BCUT2D eigenvalue weighted by atomic mass is 10.1. The topological polar surface area (TPSA) is 75.6 Å². The van der Waals surface area contributed by atoms with Gasteiger partial charge in [0.25, 0.3) is 0 Å². The minimum Gasteiger partial charge on any atom is -0.497 e. The Morgan fingerprint density at radius 2 is 1.93 bits per heavy atom. The van der Waals surface area contributed by atoms with Crippen molar-refractivity contribution in [1.29, 1.82) is 0 Å². The molecule has 0 unspecified atom stereocenters. The standard InChI is InChI=1S/C21H18BrNO4S/c1-27-16-4-2-3-13(11-16)5-10-18(24)23-17-12-28-20(19(17)21(25)26)14-6-8-15(22)9-7-14/h2-4,6-9,11-12H,5,10H2,1H3,(H,23,24)(H,25,26). The number of nitrogens with one attached hydrogen (secondary N) is 1. The second-order valence-electron chi connectivity index (χ2n) is 6.07. The zero-order valence-corrected chi connectivity index (χ0v) is 17.5. The average molecular weight is 460 g/mol. The van der Waals surface area contributed by atoms with E-state index in [0.29, 0.717) is 17.0 Å². The van der Waals surface area contributed by atoms with Gasteiger partial charge in [0.2, 0.25) is 5.91 Å². The molecule has 0 fully saturated rings. The number of hydrogen-bond donors (Lipinski definition) is 2. The van der Waals surface area contributed by atoms with Gasteiger partial charge in [-0.3, -0.25) is 4.79 Å². The first kappa shape index (κ1) is 20.1. The van der Waals surface area contributed by atoms with Gasteiger partial charge in [-0.25, -0.2) is 4.79 Å². The zero-order chi connectivity index (χ0) is 20.1. The minimum atomic E-state index is -1.07. The van der Waals surface area contributed by atoms with Gasteiger partial charge in [0.05, 0.1) is 17.7 Å². The van der Waals surface area contributed by atoms with E-state index in [9.17, 15) is 14.7 Å². The van der Waals surface area contributed by atoms with Crippen molar-refractivity contribution in [2.45, 2.75) is 12.8 Å². The number of aryl methyl sites for hydroxylation is 1. The van der Waals surface area contributed by atoms with Gasteiger partial charge < -0.3 is 15.2 Å². The molecule has 0 atom stereocenters. The fourth-order valence-corrected chi connectivity index (χ4v) is 4.04. The highest BCUT2D eigenvalue weighted by Gasteiger charge is 2.21. The Morgan fingerprint density at radius 3 is 2.61 bits per heavy atom. The molecule has 5 nitrogen and oxygen atoms in total. The Morgan fingerprint density at radius 1 is 1.18 bits per heavy atom. The summed E-state index contributed by atoms with van der Waals surface area (Å²) in [6, 6.07) is 14.9. The third-order valence-corrected chi connectivity index (χ3v) is 5.72. The van der Waals surface area contributed by atoms with E-state index < -0.39 is 5.97 Å². The van der Waals surface area contributed by atoms with Crippen molar-refractivity contribution in [1.82, 2.24) is 0 Å². The molecule has 0 aliphatic heterocycles. The SMILES string of the molecule is COc1cccc(CCC(=O)Nc2csc(-c3ccc(Br)cc3)c2C(=O)O)c1. The molecule has 2 N–H and O–H groups in total. The first-order chi connectivity index (χ1) is 13.5. The predicted octanol–water partition coefficient (Wildman–Crippen LogP) is 5.46. The second kappa shape index (κ2) is 9.03. The molecule has 7 heteroatoms. The Labute approximate surface area is 175 Å². The van der Waals surface area contributed by atoms with E-state index in [1.807, 2.05) is 48.5 Å². The van der Waals surface area contributed by atoms with Crippen LogP contribution in [-0.4, -0.2) is 24.1 Å². The van der Waals surface area contributed by atoms with Gasteiger partial charge >= 0.3 is 5.97 Å². The molecule has 144 valence electrons. The number of carbonyl (C=O) groups excluding carboxylic acids is 1. The Bertz CT molecular complexity index is 998. The molecule has 0 bridgehead atoms. The number of rotatable bonds is 7. The van der Waals surface area contributed by atoms with Crippen molar-refractivity contribution >= 4 is 44.8 Å². The van der Waals surface area contributed by atoms with E-state index >= 15 is 0 Å². The number of carboxylic acids is 1. The molecule has 2 aromatic carbocycles. The van der Waals surface area contributed by atoms with Crippen molar-refractivity contribution < 1.29 is 19.4 Å². The molecule has 28 heavy (non-hydrogen) atoms. The maximum atomic E-state index is 12.4. The number of benzene rings is 2. The summed E-state index contributed by atoms with van der Waals surface area (Å²) in [4.78, 5) is 24.8. The quantitative estimate of drug-likeness (QED) is 0.491. The lowest BCUT2D eigenvalue weighted by molar-refractivity contribution is -0.116. The van der Waals surface area contributed by atoms with Crippen molar-refractivity contribution in [2.75, 3.05) is 12.4 Å². The van der Waals surface area contributed by atoms with Gasteiger partial charge in [-0.1, -0.05) is 40.2 Å². The number of ether oxygens (including phenoxy) is 1. The highest BCUT2D eigenvalue weighted by molar-refractivity contribution is 9.10. The first-order valence-electron chi connectivity index (χ1n) is 8.51. The molecule has 3 aromatic rings. The molecule has 0 spiro atoms. The monoisotopic (exact) mass is 459 g/mol. The molecule has 0 aliphatic rings. The molecule has 0 aliphatic carbocycles. The van der Waals surface area contributed by atoms with Crippen molar-refractivity contribution in [3.05, 3.63) is 69.5 Å². The van der Waals surface area contributed by atoms with Crippen LogP contribution in [0.1, 0.15) is 22.3 Å². The summed E-state index contributed by atoms with van der Waals surface area (Å²) in [6.45, 7) is 0. The highest BCUT2D eigenvalue weighted by Crippen LogP contribution is 2.36. The molecular formula is C21H18BrNO4S. The van der Waals surface area contributed by atoms with Gasteiger partial charge in [0.1, 0.15) is 11.3 Å². The molecule has 0 saturated heterocycles. The van der Waals surface area contributed by atoms with Crippen molar-refractivity contribution in [3.63, 3.8) is 0 Å². The summed E-state index contributed by atoms with van der Waals surface area (Å²) in [5.41, 5.74) is 2.21. The van der Waals surface area contributed by atoms with Gasteiger partial charge in [-0.2, -0.15) is 0 Å². The van der Waals surface area contributed by atoms with E-state index in [1.54, 1.807) is 12.5 Å². The van der Waals surface area contributed by atoms with Gasteiger partial charge in [-0.15, -0.1) is 11.3 Å². The van der Waals surface area contributed by atoms with Crippen LogP contribution in [0.3, 0.4) is 0 Å². The fraction of sp³-hybridized carbons (Fsp3) is 0.143. The van der Waals surface area contributed by atoms with Crippen LogP contribution in [0.25, 0.3) is 10.4 Å². The molecule has 0 radical (unpaired) electrons. The van der Waals surface area contributed by atoms with Crippen molar-refractivity contribution in [2.24, 2.45) is 0 Å². The van der Waals surface area contributed by atoms with Gasteiger partial charge in [-0.05, 0) is 41.8 Å². The zero-order valence-electron chi connectivity index (χ0n) is 15.1. The lowest BCUT2D eigenvalue weighted by Gasteiger charge is -2.07. The second-order valence-corrected chi connectivity index (χ2v) is 7.86. The number of carboxylic acid groups (broad SMARTS) is 1. The number of thiophene rings is 1. The number of hydrogen-bond acceptors (Lipinski definition) is 4. The third kappa shape index (κ3) is 4.79. The summed E-state index contributed by atoms with van der Waals surface area (Å²) < 4.78 is 6.10. The smallest absolute Gasteiger partial charge is 0.339 e. The Kier molecular flexibility index (Phi) is 6.49. The summed E-state index contributed by atoms with van der Waals surface area (Å²) in [6.07, 6.45) is 0.783. The molecule has 1 aromatic heterocycles. The Hall–Kier alpha value is -2.64. The summed E-state index contributed by atoms with van der Waals surface area (Å²) in [7, 11) is 1.60. The van der Waals surface area contributed by atoms with E-state index in [4.69, 9.17) is 4.74 Å². The average Bonchev–Trinajstić information content (AvgIpc) is 3.11. The van der Waals surface area contributed by atoms with Gasteiger partial charge in [0.15, 0.2) is 0 Å². The van der Waals surface area contributed by atoms with Crippen LogP contribution in [0.15, 0.2) is 58.4 Å². The summed E-state index contributed by atoms with van der Waals surface area (Å²) >= 11 is 4.67. The first-order valence-corrected chi connectivity index (χ1v) is 10.2. The Balaban J connectivity index is 1.73. The maximum Gasteiger partial charge on any atom is 0.339 e. The maximum absolute atomic E-state index is 12.4. The fourth-order valence-electron chi connectivity index (χ4n) is 2.77. The molecule has 1 amide bonds. The summed E-state index contributed by atoms with van der Waals surface area (Å²) in [5, 5.41) is 14.1. The van der Waals surface area contributed by atoms with Crippen LogP contribution >= 0.6 is 27.3 Å². The molecule has 0 saturated carbocycles. The van der Waals surface area contributed by atoms with Crippen LogP contribution in [0.4, 0.5) is 5.69 Å². The third-order valence-electron chi connectivity index (χ3n) is 4.16. The largest absolute Gasteiger partial charge is 0.497 e. The van der Waals surface area contributed by atoms with Gasteiger partial charge in [0, 0.05) is 16.3 Å². The van der Waals surface area contributed by atoms with E-state index in [0.717, 1.165) is 21.3 Å². The van der Waals surface area contributed by atoms with Crippen LogP contribution in [0.5, 0.6) is 5.75 Å². The normalized spacial score (nSPS) is 10.5. The van der Waals surface area contributed by atoms with Crippen LogP contribution < -0.4 is 10.1 Å². The number of amides is 1. The number of methoxy groups -OCH3 is 1. The summed E-state index contributed by atoms with van der Waals surface area (Å²) in [5.74, 6) is -0.559. The van der Waals surface area contributed by atoms with E-state index in [-0.39, 0.29) is 17.9 Å². The number of carbonyl (C=O) groups is 2. The molecule has 3 rings (SSSR count). The van der Waals surface area contributed by atoms with Crippen molar-refractivity contribution in [3.8, 4) is 16.2 Å². The minimum absolute atomic E-state index is 0.113. The van der Waals surface area contributed by atoms with Crippen LogP contribution in [-0.2, 0) is 11.2 Å². The molecular weight excluding hydrogens is 442 g/mol. The van der Waals surface area contributed by atoms with E-state index in [1.165, 1.54) is 11.3 Å². The number of anilines is 1. The highest BCUT2D eigenvalue weighted by atomic mass is 79.9.